The molecule has 2 aromatic carbocycles. The minimum atomic E-state index is -0.455. The van der Waals surface area contributed by atoms with Crippen LogP contribution in [0.4, 0.5) is 10.1 Å². The second kappa shape index (κ2) is 8.06. The topological polar surface area (TPSA) is 56.2 Å². The van der Waals surface area contributed by atoms with Crippen LogP contribution >= 0.6 is 11.3 Å². The summed E-state index contributed by atoms with van der Waals surface area (Å²) in [6, 6.07) is 15.4. The van der Waals surface area contributed by atoms with Crippen LogP contribution in [0.25, 0.3) is 5.69 Å². The molecule has 1 amide bonds. The van der Waals surface area contributed by atoms with Gasteiger partial charge in [-0.05, 0) is 47.8 Å². The van der Waals surface area contributed by atoms with Gasteiger partial charge in [0, 0.05) is 28.5 Å². The van der Waals surface area contributed by atoms with Gasteiger partial charge in [0.2, 0.25) is 0 Å². The molecule has 4 rings (SSSR count). The summed E-state index contributed by atoms with van der Waals surface area (Å²) in [4.78, 5) is 17.5. The Balaban J connectivity index is 1.45. The lowest BCUT2D eigenvalue weighted by atomic mass is 10.2. The molecular weight excluding hydrogens is 377 g/mol. The van der Waals surface area contributed by atoms with E-state index >= 15 is 0 Å². The van der Waals surface area contributed by atoms with Gasteiger partial charge >= 0.3 is 0 Å². The molecule has 0 unspecified atom stereocenters. The Labute approximate surface area is 165 Å². The third-order valence-electron chi connectivity index (χ3n) is 4.05. The van der Waals surface area contributed by atoms with Crippen molar-refractivity contribution in [3.8, 4) is 11.4 Å². The second-order valence-corrected chi connectivity index (χ2v) is 7.02. The van der Waals surface area contributed by atoms with Gasteiger partial charge in [-0.15, -0.1) is 11.3 Å². The van der Waals surface area contributed by atoms with Crippen molar-refractivity contribution in [2.75, 3.05) is 5.32 Å². The van der Waals surface area contributed by atoms with Crippen molar-refractivity contribution < 1.29 is 13.9 Å². The van der Waals surface area contributed by atoms with Crippen LogP contribution in [-0.2, 0) is 6.61 Å². The van der Waals surface area contributed by atoms with E-state index in [4.69, 9.17) is 4.74 Å². The lowest BCUT2D eigenvalue weighted by Gasteiger charge is -2.10. The third kappa shape index (κ3) is 4.10. The largest absolute Gasteiger partial charge is 0.488 e. The molecule has 2 heterocycles. The van der Waals surface area contributed by atoms with Gasteiger partial charge in [0.15, 0.2) is 0 Å². The van der Waals surface area contributed by atoms with Crippen LogP contribution < -0.4 is 10.1 Å². The molecule has 0 saturated carbocycles. The number of ether oxygens (including phenoxy) is 1. The molecule has 140 valence electrons. The molecule has 2 aromatic heterocycles. The average molecular weight is 393 g/mol. The quantitative estimate of drug-likeness (QED) is 0.507. The zero-order valence-corrected chi connectivity index (χ0v) is 15.5. The maximum absolute atomic E-state index is 14.3. The summed E-state index contributed by atoms with van der Waals surface area (Å²) in [5.41, 5.74) is 1.17. The number of carbonyl (C=O) groups is 1. The molecule has 0 spiro atoms. The number of aromatic nitrogens is 2. The molecule has 1 N–H and O–H groups in total. The van der Waals surface area contributed by atoms with Crippen LogP contribution in [-0.4, -0.2) is 15.5 Å². The fourth-order valence-corrected chi connectivity index (χ4v) is 3.29. The Hall–Kier alpha value is -3.45. The number of nitrogens with zero attached hydrogens (tertiary/aromatic N) is 2. The van der Waals surface area contributed by atoms with E-state index < -0.39 is 5.82 Å². The summed E-state index contributed by atoms with van der Waals surface area (Å²) in [5, 5.41) is 4.70. The van der Waals surface area contributed by atoms with Crippen LogP contribution in [0.1, 0.15) is 15.2 Å². The molecule has 28 heavy (non-hydrogen) atoms. The van der Waals surface area contributed by atoms with Crippen molar-refractivity contribution in [2.45, 2.75) is 6.61 Å². The smallest absolute Gasteiger partial charge is 0.255 e. The third-order valence-corrected chi connectivity index (χ3v) is 4.90. The summed E-state index contributed by atoms with van der Waals surface area (Å²) in [7, 11) is 0. The van der Waals surface area contributed by atoms with Crippen molar-refractivity contribution in [2.24, 2.45) is 0 Å². The van der Waals surface area contributed by atoms with E-state index in [9.17, 15) is 9.18 Å². The number of thiophene rings is 1. The highest BCUT2D eigenvalue weighted by Gasteiger charge is 2.10. The summed E-state index contributed by atoms with van der Waals surface area (Å²) in [6.45, 7) is 0.448. The molecule has 5 nitrogen and oxygen atoms in total. The second-order valence-electron chi connectivity index (χ2n) is 5.99. The van der Waals surface area contributed by atoms with Gasteiger partial charge in [-0.3, -0.25) is 4.79 Å². The van der Waals surface area contributed by atoms with E-state index in [1.165, 1.54) is 12.4 Å². The van der Waals surface area contributed by atoms with E-state index in [2.05, 4.69) is 10.3 Å². The van der Waals surface area contributed by atoms with Crippen molar-refractivity contribution in [3.63, 3.8) is 0 Å². The first kappa shape index (κ1) is 17.9. The van der Waals surface area contributed by atoms with Gasteiger partial charge in [0.05, 0.1) is 12.0 Å². The molecule has 0 atom stereocenters. The Morgan fingerprint density at radius 3 is 2.86 bits per heavy atom. The zero-order chi connectivity index (χ0) is 19.3. The summed E-state index contributed by atoms with van der Waals surface area (Å²) < 4.78 is 21.6. The standard InChI is InChI=1S/C21H16FN3O2S/c22-19-12-16(6-7-20(19)25-9-8-23-14-25)24-21(26)15-3-1-4-17(11-15)27-13-18-5-2-10-28-18/h1-12,14H,13H2,(H,24,26). The summed E-state index contributed by atoms with van der Waals surface area (Å²) in [5.74, 6) is -0.192. The van der Waals surface area contributed by atoms with Crippen LogP contribution in [0, 0.1) is 5.82 Å². The van der Waals surface area contributed by atoms with Gasteiger partial charge in [-0.1, -0.05) is 12.1 Å². The molecule has 0 radical (unpaired) electrons. The molecule has 7 heteroatoms. The molecule has 0 fully saturated rings. The highest BCUT2D eigenvalue weighted by atomic mass is 32.1. The van der Waals surface area contributed by atoms with E-state index in [-0.39, 0.29) is 5.91 Å². The van der Waals surface area contributed by atoms with Crippen LogP contribution in [0.15, 0.2) is 78.7 Å². The number of hydrogen-bond acceptors (Lipinski definition) is 4. The van der Waals surface area contributed by atoms with Crippen molar-refractivity contribution >= 4 is 22.9 Å². The predicted molar refractivity (Wildman–Crippen MR) is 107 cm³/mol. The Kier molecular flexibility index (Phi) is 5.16. The van der Waals surface area contributed by atoms with Gasteiger partial charge in [-0.25, -0.2) is 9.37 Å². The molecule has 0 aliphatic carbocycles. The molecule has 0 bridgehead atoms. The van der Waals surface area contributed by atoms with Crippen molar-refractivity contribution in [1.82, 2.24) is 9.55 Å². The SMILES string of the molecule is O=C(Nc1ccc(-n2ccnc2)c(F)c1)c1cccc(OCc2cccs2)c1. The maximum Gasteiger partial charge on any atom is 0.255 e. The fourth-order valence-electron chi connectivity index (χ4n) is 2.68. The average Bonchev–Trinajstić information content (AvgIpc) is 3.41. The number of benzene rings is 2. The predicted octanol–water partition coefficient (Wildman–Crippen LogP) is 4.90. The van der Waals surface area contributed by atoms with E-state index in [1.807, 2.05) is 17.5 Å². The van der Waals surface area contributed by atoms with Crippen molar-refractivity contribution in [3.05, 3.63) is 95.0 Å². The number of hydrogen-bond donors (Lipinski definition) is 1. The number of rotatable bonds is 6. The fraction of sp³-hybridized carbons (Fsp3) is 0.0476. The lowest BCUT2D eigenvalue weighted by molar-refractivity contribution is 0.102. The van der Waals surface area contributed by atoms with E-state index in [0.717, 1.165) is 4.88 Å². The van der Waals surface area contributed by atoms with Gasteiger partial charge in [0.1, 0.15) is 18.2 Å². The number of anilines is 1. The normalized spacial score (nSPS) is 10.6. The number of halogens is 1. The number of carbonyl (C=O) groups excluding carboxylic acids is 1. The first-order chi connectivity index (χ1) is 13.7. The Morgan fingerprint density at radius 2 is 2.11 bits per heavy atom. The van der Waals surface area contributed by atoms with Crippen LogP contribution in [0.2, 0.25) is 0 Å². The lowest BCUT2D eigenvalue weighted by Crippen LogP contribution is -2.12. The summed E-state index contributed by atoms with van der Waals surface area (Å²) in [6.07, 6.45) is 4.74. The molecule has 4 aromatic rings. The molecule has 0 aliphatic rings. The first-order valence-electron chi connectivity index (χ1n) is 8.53. The maximum atomic E-state index is 14.3. The Morgan fingerprint density at radius 1 is 1.18 bits per heavy atom. The van der Waals surface area contributed by atoms with Gasteiger partial charge < -0.3 is 14.6 Å². The first-order valence-corrected chi connectivity index (χ1v) is 9.41. The monoisotopic (exact) mass is 393 g/mol. The molecule has 0 saturated heterocycles. The number of nitrogens with one attached hydrogen (secondary N) is 1. The number of amides is 1. The van der Waals surface area contributed by atoms with E-state index in [0.29, 0.717) is 29.3 Å². The van der Waals surface area contributed by atoms with E-state index in [1.54, 1.807) is 64.7 Å². The van der Waals surface area contributed by atoms with Crippen molar-refractivity contribution in [1.29, 1.82) is 0 Å². The minimum Gasteiger partial charge on any atom is -0.488 e. The Bertz CT molecular complexity index is 1080. The van der Waals surface area contributed by atoms with Gasteiger partial charge in [-0.2, -0.15) is 0 Å². The molecular formula is C21H16FN3O2S. The molecule has 0 aliphatic heterocycles. The number of imidazole rings is 1. The summed E-state index contributed by atoms with van der Waals surface area (Å²) >= 11 is 1.61. The minimum absolute atomic E-state index is 0.337. The zero-order valence-electron chi connectivity index (χ0n) is 14.7. The van der Waals surface area contributed by atoms with Gasteiger partial charge in [0.25, 0.3) is 5.91 Å². The highest BCUT2D eigenvalue weighted by molar-refractivity contribution is 7.09. The van der Waals surface area contributed by atoms with Crippen LogP contribution in [0.3, 0.4) is 0 Å². The highest BCUT2D eigenvalue weighted by Crippen LogP contribution is 2.21. The van der Waals surface area contributed by atoms with Crippen LogP contribution in [0.5, 0.6) is 5.75 Å².